The van der Waals surface area contributed by atoms with E-state index in [1.807, 2.05) is 0 Å². The van der Waals surface area contributed by atoms with E-state index in [9.17, 15) is 13.2 Å². The summed E-state index contributed by atoms with van der Waals surface area (Å²) in [6.45, 7) is 7.53. The van der Waals surface area contributed by atoms with Gasteiger partial charge >= 0.3 is 12.1 Å². The molecule has 0 saturated carbocycles. The number of hydrogen-bond acceptors (Lipinski definition) is 1. The van der Waals surface area contributed by atoms with Gasteiger partial charge < -0.3 is 5.11 Å². The number of halogens is 3. The number of alkyl halides is 3. The molecule has 1 aliphatic rings. The molecule has 1 heterocycles. The Morgan fingerprint density at radius 1 is 1.31 bits per heavy atom. The fourth-order valence-electron chi connectivity index (χ4n) is 1.67. The minimum absolute atomic E-state index is 0.694. The predicted octanol–water partition coefficient (Wildman–Crippen LogP) is 3.90. The van der Waals surface area contributed by atoms with Crippen molar-refractivity contribution in [2.24, 2.45) is 0 Å². The van der Waals surface area contributed by atoms with Crippen LogP contribution in [0.3, 0.4) is 0 Å². The van der Waals surface area contributed by atoms with Crippen LogP contribution in [0, 0.1) is 0 Å². The first-order chi connectivity index (χ1) is 7.07. The van der Waals surface area contributed by atoms with Gasteiger partial charge in [-0.3, -0.25) is 0 Å². The lowest BCUT2D eigenvalue weighted by atomic mass is 10.2. The van der Waals surface area contributed by atoms with E-state index >= 15 is 0 Å². The first-order valence-electron chi connectivity index (χ1n) is 5.37. The molecule has 1 rings (SSSR count). The van der Waals surface area contributed by atoms with E-state index in [0.29, 0.717) is 0 Å². The van der Waals surface area contributed by atoms with Crippen LogP contribution in [0.1, 0.15) is 26.2 Å². The van der Waals surface area contributed by atoms with Crippen molar-refractivity contribution in [2.75, 3.05) is 0 Å². The molecule has 1 saturated heterocycles. The first kappa shape index (κ1) is 15.5. The molecule has 0 aromatic carbocycles. The molecule has 6 heteroatoms. The van der Waals surface area contributed by atoms with E-state index in [4.69, 9.17) is 9.90 Å². The van der Waals surface area contributed by atoms with Crippen molar-refractivity contribution < 1.29 is 23.1 Å². The van der Waals surface area contributed by atoms with Crippen LogP contribution in [-0.2, 0) is 4.79 Å². The van der Waals surface area contributed by atoms with Gasteiger partial charge in [0.25, 0.3) is 0 Å². The maximum Gasteiger partial charge on any atom is 0.490 e. The third kappa shape index (κ3) is 5.53. The van der Waals surface area contributed by atoms with Crippen LogP contribution in [0.25, 0.3) is 0 Å². The fourth-order valence-corrected chi connectivity index (χ4v) is 4.31. The normalized spacial score (nSPS) is 24.2. The Morgan fingerprint density at radius 2 is 1.75 bits per heavy atom. The van der Waals surface area contributed by atoms with Gasteiger partial charge in [-0.05, 0) is 5.54 Å². The molecule has 1 atom stereocenters. The molecule has 0 spiro atoms. The summed E-state index contributed by atoms with van der Waals surface area (Å²) in [7, 11) is -0.694. The average Bonchev–Trinajstić information content (AvgIpc) is 2.09. The number of carboxylic acids is 1. The molecule has 1 unspecified atom stereocenters. The highest BCUT2D eigenvalue weighted by molar-refractivity contribution is 6.78. The highest BCUT2D eigenvalue weighted by Crippen LogP contribution is 2.36. The van der Waals surface area contributed by atoms with Crippen molar-refractivity contribution >= 4 is 14.0 Å². The summed E-state index contributed by atoms with van der Waals surface area (Å²) in [6.07, 6.45) is -0.555. The Hall–Kier alpha value is -0.523. The molecule has 0 aromatic rings. The van der Waals surface area contributed by atoms with Crippen LogP contribution in [-0.4, -0.2) is 25.3 Å². The van der Waals surface area contributed by atoms with E-state index in [0.717, 1.165) is 5.54 Å². The van der Waals surface area contributed by atoms with E-state index in [2.05, 4.69) is 20.0 Å². The minimum atomic E-state index is -5.08. The van der Waals surface area contributed by atoms with Crippen molar-refractivity contribution in [3.63, 3.8) is 0 Å². The Labute approximate surface area is 94.9 Å². The summed E-state index contributed by atoms with van der Waals surface area (Å²) >= 11 is 0. The van der Waals surface area contributed by atoms with E-state index in [1.165, 1.54) is 19.3 Å². The summed E-state index contributed by atoms with van der Waals surface area (Å²) in [4.78, 5) is 8.90. The minimum Gasteiger partial charge on any atom is -0.475 e. The third-order valence-electron chi connectivity index (χ3n) is 3.28. The van der Waals surface area contributed by atoms with E-state index in [-0.39, 0.29) is 0 Å². The maximum atomic E-state index is 10.6. The number of rotatable bonds is 0. The largest absolute Gasteiger partial charge is 0.490 e. The lowest BCUT2D eigenvalue weighted by Crippen LogP contribution is -2.33. The van der Waals surface area contributed by atoms with Gasteiger partial charge in [0.15, 0.2) is 0 Å². The van der Waals surface area contributed by atoms with Crippen LogP contribution in [0.4, 0.5) is 13.2 Å². The Kier molecular flexibility index (Phi) is 5.51. The van der Waals surface area contributed by atoms with Crippen molar-refractivity contribution in [2.45, 2.75) is 57.0 Å². The lowest BCUT2D eigenvalue weighted by Gasteiger charge is -2.34. The monoisotopic (exact) mass is 256 g/mol. The molecule has 0 bridgehead atoms. The Morgan fingerprint density at radius 3 is 1.94 bits per heavy atom. The SMILES string of the molecule is CC1CCCC[Si]1(C)C.O=C(O)C(F)(F)F. The van der Waals surface area contributed by atoms with Gasteiger partial charge in [-0.2, -0.15) is 13.2 Å². The van der Waals surface area contributed by atoms with Crippen LogP contribution in [0.5, 0.6) is 0 Å². The Bertz CT molecular complexity index is 239. The molecule has 1 N–H and O–H groups in total. The van der Waals surface area contributed by atoms with Gasteiger partial charge in [0.2, 0.25) is 0 Å². The smallest absolute Gasteiger partial charge is 0.475 e. The van der Waals surface area contributed by atoms with E-state index < -0.39 is 20.2 Å². The molecule has 0 aliphatic carbocycles. The second-order valence-corrected chi connectivity index (χ2v) is 10.4. The van der Waals surface area contributed by atoms with Crippen LogP contribution in [0.2, 0.25) is 24.7 Å². The standard InChI is InChI=1S/C8H18Si.C2HF3O2/c1-8-6-4-5-7-9(8,2)3;3-2(4,5)1(6)7/h8H,4-7H2,1-3H3;(H,6,7). The highest BCUT2D eigenvalue weighted by atomic mass is 28.3. The summed E-state index contributed by atoms with van der Waals surface area (Å²) in [5.74, 6) is -2.76. The van der Waals surface area contributed by atoms with Crippen molar-refractivity contribution in [3.05, 3.63) is 0 Å². The molecular weight excluding hydrogens is 237 g/mol. The van der Waals surface area contributed by atoms with Gasteiger partial charge in [-0.1, -0.05) is 45.3 Å². The molecule has 16 heavy (non-hydrogen) atoms. The second kappa shape index (κ2) is 5.70. The number of carboxylic acid groups (broad SMARTS) is 1. The van der Waals surface area contributed by atoms with Gasteiger partial charge in [0.05, 0.1) is 8.07 Å². The predicted molar refractivity (Wildman–Crippen MR) is 59.3 cm³/mol. The molecular formula is C10H19F3O2Si. The first-order valence-corrected chi connectivity index (χ1v) is 8.66. The molecule has 1 aliphatic heterocycles. The summed E-state index contributed by atoms with van der Waals surface area (Å²) in [5.41, 5.74) is 1.09. The lowest BCUT2D eigenvalue weighted by molar-refractivity contribution is -0.192. The molecule has 0 radical (unpaired) electrons. The fraction of sp³-hybridized carbons (Fsp3) is 0.900. The van der Waals surface area contributed by atoms with Gasteiger partial charge in [0, 0.05) is 0 Å². The summed E-state index contributed by atoms with van der Waals surface area (Å²) in [6, 6.07) is 1.58. The number of carbonyl (C=O) groups is 1. The zero-order valence-corrected chi connectivity index (χ0v) is 10.9. The van der Waals surface area contributed by atoms with Crippen LogP contribution >= 0.6 is 0 Å². The number of aliphatic carboxylic acids is 1. The summed E-state index contributed by atoms with van der Waals surface area (Å²) < 4.78 is 31.7. The summed E-state index contributed by atoms with van der Waals surface area (Å²) in [5, 5.41) is 7.12. The van der Waals surface area contributed by atoms with E-state index in [1.54, 1.807) is 6.04 Å². The second-order valence-electron chi connectivity index (χ2n) is 4.94. The highest BCUT2D eigenvalue weighted by Gasteiger charge is 2.38. The zero-order chi connectivity index (χ0) is 13.0. The molecule has 0 aromatic heterocycles. The van der Waals surface area contributed by atoms with Crippen molar-refractivity contribution in [3.8, 4) is 0 Å². The molecule has 0 amide bonds. The van der Waals surface area contributed by atoms with Crippen molar-refractivity contribution in [1.82, 2.24) is 0 Å². The third-order valence-corrected chi connectivity index (χ3v) is 7.88. The topological polar surface area (TPSA) is 37.3 Å². The molecule has 96 valence electrons. The van der Waals surface area contributed by atoms with Crippen LogP contribution in [0.15, 0.2) is 0 Å². The van der Waals surface area contributed by atoms with Gasteiger partial charge in [-0.15, -0.1) is 0 Å². The van der Waals surface area contributed by atoms with Crippen molar-refractivity contribution in [1.29, 1.82) is 0 Å². The van der Waals surface area contributed by atoms with Gasteiger partial charge in [0.1, 0.15) is 0 Å². The maximum absolute atomic E-state index is 10.6. The molecule has 1 fully saturated rings. The average molecular weight is 256 g/mol. The van der Waals surface area contributed by atoms with Crippen LogP contribution < -0.4 is 0 Å². The Balaban J connectivity index is 0.000000293. The zero-order valence-electron chi connectivity index (χ0n) is 9.90. The number of hydrogen-bond donors (Lipinski definition) is 1. The quantitative estimate of drug-likeness (QED) is 0.667. The van der Waals surface area contributed by atoms with Gasteiger partial charge in [-0.25, -0.2) is 4.79 Å². The molecule has 2 nitrogen and oxygen atoms in total.